The van der Waals surface area contributed by atoms with E-state index in [1.54, 1.807) is 0 Å². The zero-order valence-electron chi connectivity index (χ0n) is 12.1. The second-order valence-electron chi connectivity index (χ2n) is 4.67. The maximum Gasteiger partial charge on any atom is 0.129 e. The van der Waals surface area contributed by atoms with Crippen LogP contribution in [-0.4, -0.2) is 24.6 Å². The summed E-state index contributed by atoms with van der Waals surface area (Å²) in [5, 5.41) is 3.33. The van der Waals surface area contributed by atoms with Crippen molar-refractivity contribution in [1.29, 1.82) is 0 Å². The number of aromatic nitrogens is 1. The smallest absolute Gasteiger partial charge is 0.129 e. The van der Waals surface area contributed by atoms with Crippen LogP contribution in [0.15, 0.2) is 24.3 Å². The number of hydrogen-bond acceptors (Lipinski definition) is 3. The van der Waals surface area contributed by atoms with E-state index in [0.29, 0.717) is 0 Å². The normalized spacial score (nSPS) is 10.4. The molecule has 0 amide bonds. The topological polar surface area (TPSA) is 28.2 Å². The van der Waals surface area contributed by atoms with Crippen LogP contribution in [0.4, 0.5) is 5.82 Å². The van der Waals surface area contributed by atoms with Crippen LogP contribution in [0.1, 0.15) is 32.0 Å². The van der Waals surface area contributed by atoms with Crippen molar-refractivity contribution >= 4 is 5.82 Å². The zero-order valence-corrected chi connectivity index (χ0v) is 12.1. The van der Waals surface area contributed by atoms with Crippen molar-refractivity contribution < 1.29 is 0 Å². The molecule has 0 aliphatic carbocycles. The van der Waals surface area contributed by atoms with Gasteiger partial charge in [0.25, 0.3) is 0 Å². The molecule has 0 radical (unpaired) electrons. The van der Waals surface area contributed by atoms with Gasteiger partial charge in [-0.05, 0) is 38.9 Å². The molecule has 0 saturated carbocycles. The van der Waals surface area contributed by atoms with Gasteiger partial charge in [-0.3, -0.25) is 0 Å². The van der Waals surface area contributed by atoms with Gasteiger partial charge in [-0.1, -0.05) is 25.1 Å². The fourth-order valence-electron chi connectivity index (χ4n) is 1.88. The molecule has 1 heterocycles. The van der Waals surface area contributed by atoms with Crippen molar-refractivity contribution in [2.24, 2.45) is 0 Å². The molecule has 1 aromatic heterocycles. The Morgan fingerprint density at radius 2 is 2.11 bits per heavy atom. The highest BCUT2D eigenvalue weighted by molar-refractivity contribution is 5.42. The number of pyridine rings is 1. The summed E-state index contributed by atoms with van der Waals surface area (Å²) in [6, 6.07) is 4.27. The maximum absolute atomic E-state index is 4.70. The highest BCUT2D eigenvalue weighted by Crippen LogP contribution is 2.15. The number of nitrogens with zero attached hydrogens (tertiary/aromatic N) is 2. The molecule has 0 spiro atoms. The molecule has 0 fully saturated rings. The highest BCUT2D eigenvalue weighted by atomic mass is 15.2. The number of likely N-dealkylation sites (N-methyl/N-ethyl adjacent to an activating group) is 1. The standard InChI is InChI=1S/C15H25N3/c1-6-16-10-14-8-9-15(17-13(14)5)18(7-2)11-12(3)4/h8-9,16H,3,6-7,10-11H2,1-2,4-5H3. The van der Waals surface area contributed by atoms with Crippen molar-refractivity contribution in [3.05, 3.63) is 35.5 Å². The van der Waals surface area contributed by atoms with E-state index >= 15 is 0 Å². The van der Waals surface area contributed by atoms with Crippen LogP contribution < -0.4 is 10.2 Å². The van der Waals surface area contributed by atoms with Crippen molar-refractivity contribution in [3.8, 4) is 0 Å². The predicted octanol–water partition coefficient (Wildman–Crippen LogP) is 2.90. The lowest BCUT2D eigenvalue weighted by molar-refractivity contribution is 0.718. The van der Waals surface area contributed by atoms with Gasteiger partial charge >= 0.3 is 0 Å². The monoisotopic (exact) mass is 247 g/mol. The lowest BCUT2D eigenvalue weighted by Gasteiger charge is -2.23. The second kappa shape index (κ2) is 7.17. The molecule has 0 aliphatic heterocycles. The van der Waals surface area contributed by atoms with Crippen LogP contribution in [0, 0.1) is 6.92 Å². The second-order valence-corrected chi connectivity index (χ2v) is 4.67. The van der Waals surface area contributed by atoms with E-state index in [4.69, 9.17) is 4.98 Å². The van der Waals surface area contributed by atoms with E-state index in [1.165, 1.54) is 5.56 Å². The van der Waals surface area contributed by atoms with Crippen molar-refractivity contribution in [3.63, 3.8) is 0 Å². The first-order valence-electron chi connectivity index (χ1n) is 6.65. The third kappa shape index (κ3) is 4.15. The van der Waals surface area contributed by atoms with Gasteiger partial charge in [0.2, 0.25) is 0 Å². The number of rotatable bonds is 7. The van der Waals surface area contributed by atoms with Crippen LogP contribution in [-0.2, 0) is 6.54 Å². The summed E-state index contributed by atoms with van der Waals surface area (Å²) in [6.07, 6.45) is 0. The molecule has 0 aliphatic rings. The van der Waals surface area contributed by atoms with Crippen LogP contribution in [0.5, 0.6) is 0 Å². The van der Waals surface area contributed by atoms with Crippen LogP contribution in [0.2, 0.25) is 0 Å². The summed E-state index contributed by atoms with van der Waals surface area (Å²) in [5.74, 6) is 1.04. The molecule has 100 valence electrons. The fourth-order valence-corrected chi connectivity index (χ4v) is 1.88. The summed E-state index contributed by atoms with van der Waals surface area (Å²) in [6.45, 7) is 16.0. The molecule has 0 unspecified atom stereocenters. The Morgan fingerprint density at radius 1 is 1.39 bits per heavy atom. The van der Waals surface area contributed by atoms with E-state index in [2.05, 4.69) is 56.6 Å². The largest absolute Gasteiger partial charge is 0.353 e. The predicted molar refractivity (Wildman–Crippen MR) is 79.1 cm³/mol. The van der Waals surface area contributed by atoms with Crippen LogP contribution in [0.3, 0.4) is 0 Å². The molecular formula is C15H25N3. The van der Waals surface area contributed by atoms with Gasteiger partial charge in [0.15, 0.2) is 0 Å². The Balaban J connectivity index is 2.84. The quantitative estimate of drug-likeness (QED) is 0.751. The lowest BCUT2D eigenvalue weighted by Crippen LogP contribution is -2.26. The summed E-state index contributed by atoms with van der Waals surface area (Å²) in [5.41, 5.74) is 3.54. The molecule has 0 aromatic carbocycles. The molecule has 0 atom stereocenters. The van der Waals surface area contributed by atoms with E-state index in [9.17, 15) is 0 Å². The third-order valence-electron chi connectivity index (χ3n) is 2.91. The molecule has 0 saturated heterocycles. The maximum atomic E-state index is 4.70. The molecule has 1 aromatic rings. The zero-order chi connectivity index (χ0) is 13.5. The van der Waals surface area contributed by atoms with Crippen LogP contribution in [0.25, 0.3) is 0 Å². The number of aryl methyl sites for hydroxylation is 1. The molecule has 1 rings (SSSR count). The van der Waals surface area contributed by atoms with Crippen molar-refractivity contribution in [1.82, 2.24) is 10.3 Å². The van der Waals surface area contributed by atoms with Crippen LogP contribution >= 0.6 is 0 Å². The summed E-state index contributed by atoms with van der Waals surface area (Å²) in [7, 11) is 0. The minimum atomic E-state index is 0.871. The van der Waals surface area contributed by atoms with E-state index in [1.807, 2.05) is 0 Å². The van der Waals surface area contributed by atoms with Gasteiger partial charge in [-0.15, -0.1) is 0 Å². The Morgan fingerprint density at radius 3 is 2.61 bits per heavy atom. The van der Waals surface area contributed by atoms with E-state index in [0.717, 1.165) is 43.3 Å². The van der Waals surface area contributed by atoms with Crippen molar-refractivity contribution in [2.45, 2.75) is 34.2 Å². The number of nitrogens with one attached hydrogen (secondary N) is 1. The first-order chi connectivity index (χ1) is 8.58. The highest BCUT2D eigenvalue weighted by Gasteiger charge is 2.08. The molecule has 0 bridgehead atoms. The minimum absolute atomic E-state index is 0.871. The molecule has 18 heavy (non-hydrogen) atoms. The van der Waals surface area contributed by atoms with E-state index in [-0.39, 0.29) is 0 Å². The Labute approximate surface area is 111 Å². The van der Waals surface area contributed by atoms with Gasteiger partial charge in [0.05, 0.1) is 0 Å². The molecule has 3 nitrogen and oxygen atoms in total. The lowest BCUT2D eigenvalue weighted by atomic mass is 10.2. The average Bonchev–Trinajstić information content (AvgIpc) is 2.34. The number of hydrogen-bond donors (Lipinski definition) is 1. The Hall–Kier alpha value is -1.35. The van der Waals surface area contributed by atoms with Gasteiger partial charge in [-0.25, -0.2) is 4.98 Å². The van der Waals surface area contributed by atoms with Gasteiger partial charge in [0.1, 0.15) is 5.82 Å². The fraction of sp³-hybridized carbons (Fsp3) is 0.533. The van der Waals surface area contributed by atoms with Gasteiger partial charge < -0.3 is 10.2 Å². The Kier molecular flexibility index (Phi) is 5.86. The first kappa shape index (κ1) is 14.7. The SMILES string of the molecule is C=C(C)CN(CC)c1ccc(CNCC)c(C)n1. The molecule has 1 N–H and O–H groups in total. The molecular weight excluding hydrogens is 222 g/mol. The first-order valence-corrected chi connectivity index (χ1v) is 6.65. The van der Waals surface area contributed by atoms with Gasteiger partial charge in [-0.2, -0.15) is 0 Å². The summed E-state index contributed by atoms with van der Waals surface area (Å²) in [4.78, 5) is 6.94. The average molecular weight is 247 g/mol. The molecule has 3 heteroatoms. The summed E-state index contributed by atoms with van der Waals surface area (Å²) < 4.78 is 0. The van der Waals surface area contributed by atoms with Crippen molar-refractivity contribution in [2.75, 3.05) is 24.5 Å². The summed E-state index contributed by atoms with van der Waals surface area (Å²) >= 11 is 0. The third-order valence-corrected chi connectivity index (χ3v) is 2.91. The minimum Gasteiger partial charge on any atom is -0.353 e. The van der Waals surface area contributed by atoms with Gasteiger partial charge in [0, 0.05) is 25.3 Å². The number of anilines is 1. The van der Waals surface area contributed by atoms with E-state index < -0.39 is 0 Å². The Bertz CT molecular complexity index is 399.